The van der Waals surface area contributed by atoms with Crippen molar-refractivity contribution in [2.24, 2.45) is 5.41 Å². The number of fused-ring (bicyclic) bond motifs is 1. The summed E-state index contributed by atoms with van der Waals surface area (Å²) in [4.78, 5) is 2.57. The number of rotatable bonds is 5. The Kier molecular flexibility index (Phi) is 6.30. The molecule has 0 atom stereocenters. The van der Waals surface area contributed by atoms with Crippen LogP contribution in [0.5, 0.6) is 5.75 Å². The summed E-state index contributed by atoms with van der Waals surface area (Å²) in [6.45, 7) is 12.1. The third-order valence-corrected chi connectivity index (χ3v) is 9.91. The van der Waals surface area contributed by atoms with Gasteiger partial charge in [0.1, 0.15) is 11.4 Å². The van der Waals surface area contributed by atoms with Crippen LogP contribution in [0.1, 0.15) is 58.1 Å². The van der Waals surface area contributed by atoms with E-state index in [-0.39, 0.29) is 28.1 Å². The highest BCUT2D eigenvalue weighted by Crippen LogP contribution is 2.41. The Morgan fingerprint density at radius 3 is 2.20 bits per heavy atom. The van der Waals surface area contributed by atoms with E-state index in [1.165, 1.54) is 5.56 Å². The fourth-order valence-electron chi connectivity index (χ4n) is 5.80. The Balaban J connectivity index is 1.24. The van der Waals surface area contributed by atoms with Gasteiger partial charge < -0.3 is 9.47 Å². The van der Waals surface area contributed by atoms with Gasteiger partial charge in [-0.2, -0.15) is 0 Å². The van der Waals surface area contributed by atoms with E-state index in [1.807, 2.05) is 31.2 Å². The molecule has 1 spiro atoms. The number of hydrogen-bond acceptors (Lipinski definition) is 5. The Labute approximate surface area is 210 Å². The van der Waals surface area contributed by atoms with Gasteiger partial charge in [-0.05, 0) is 80.8 Å². The largest absolute Gasteiger partial charge is 0.487 e. The highest BCUT2D eigenvalue weighted by atomic mass is 32.2. The topological polar surface area (TPSA) is 55.8 Å². The summed E-state index contributed by atoms with van der Waals surface area (Å²) in [7, 11) is -3.17. The average Bonchev–Trinajstić information content (AvgIpc) is 2.77. The van der Waals surface area contributed by atoms with E-state index in [2.05, 4.69) is 43.9 Å². The minimum atomic E-state index is -3.17. The molecule has 5 nitrogen and oxygen atoms in total. The molecular weight excluding hydrogens is 458 g/mol. The Hall–Kier alpha value is -1.89. The second-order valence-electron chi connectivity index (χ2n) is 12.3. The Morgan fingerprint density at radius 2 is 1.60 bits per heavy atom. The van der Waals surface area contributed by atoms with Crippen LogP contribution in [-0.2, 0) is 26.7 Å². The molecule has 0 aromatic heterocycles. The number of hydrogen-bond donors (Lipinski definition) is 0. The maximum Gasteiger partial charge on any atom is 0.155 e. The number of sulfone groups is 1. The van der Waals surface area contributed by atoms with Gasteiger partial charge in [-0.15, -0.1) is 0 Å². The Bertz CT molecular complexity index is 1170. The number of benzene rings is 2. The number of aryl methyl sites for hydroxylation is 1. The zero-order valence-corrected chi connectivity index (χ0v) is 22.4. The lowest BCUT2D eigenvalue weighted by atomic mass is 9.81. The molecule has 6 heteroatoms. The van der Waals surface area contributed by atoms with Crippen molar-refractivity contribution in [1.82, 2.24) is 4.90 Å². The first-order valence-corrected chi connectivity index (χ1v) is 14.7. The van der Waals surface area contributed by atoms with Gasteiger partial charge in [0.15, 0.2) is 9.84 Å². The third kappa shape index (κ3) is 5.45. The standard InChI is InChI=1S/C29H39NO4S/c1-27(2,3)30-15-13-29(14-16-30)12-11-25-17-24(9-10-26(25)34-29)23-7-5-22(6-8-23)18-35(31,32)21-28(4)19-33-20-28/h5-10,17H,11-16,18-21H2,1-4H3. The summed E-state index contributed by atoms with van der Waals surface area (Å²) in [5, 5.41) is 0. The number of ether oxygens (including phenoxy) is 2. The summed E-state index contributed by atoms with van der Waals surface area (Å²) >= 11 is 0. The molecule has 190 valence electrons. The predicted octanol–water partition coefficient (Wildman–Crippen LogP) is 5.26. The van der Waals surface area contributed by atoms with Crippen LogP contribution in [0.3, 0.4) is 0 Å². The zero-order chi connectivity index (χ0) is 24.9. The molecule has 2 aromatic carbocycles. The van der Waals surface area contributed by atoms with Crippen LogP contribution in [0.2, 0.25) is 0 Å². The van der Waals surface area contributed by atoms with Crippen LogP contribution in [0.15, 0.2) is 42.5 Å². The molecule has 2 aromatic rings. The lowest BCUT2D eigenvalue weighted by Gasteiger charge is -2.48. The van der Waals surface area contributed by atoms with Gasteiger partial charge in [0.25, 0.3) is 0 Å². The van der Waals surface area contributed by atoms with E-state index < -0.39 is 9.84 Å². The molecule has 0 radical (unpaired) electrons. The SMILES string of the molecule is CC1(CS(=O)(=O)Cc2ccc(-c3ccc4c(c3)CCC3(CCN(C(C)(C)C)CC3)O4)cc2)COC1. The molecule has 2 saturated heterocycles. The van der Waals surface area contributed by atoms with Gasteiger partial charge in [-0.3, -0.25) is 4.90 Å². The van der Waals surface area contributed by atoms with Crippen LogP contribution in [0.25, 0.3) is 11.1 Å². The molecule has 0 aliphatic carbocycles. The normalized spacial score (nSPS) is 21.7. The molecule has 2 fully saturated rings. The minimum Gasteiger partial charge on any atom is -0.487 e. The van der Waals surface area contributed by atoms with E-state index in [0.717, 1.165) is 61.2 Å². The number of likely N-dealkylation sites (tertiary alicyclic amines) is 1. The lowest BCUT2D eigenvalue weighted by Crippen LogP contribution is -2.54. The van der Waals surface area contributed by atoms with Crippen molar-refractivity contribution in [1.29, 1.82) is 0 Å². The van der Waals surface area contributed by atoms with Gasteiger partial charge >= 0.3 is 0 Å². The molecule has 0 bridgehead atoms. The van der Waals surface area contributed by atoms with Crippen LogP contribution >= 0.6 is 0 Å². The number of nitrogens with zero attached hydrogens (tertiary/aromatic N) is 1. The third-order valence-electron chi connectivity index (χ3n) is 8.00. The van der Waals surface area contributed by atoms with Gasteiger partial charge in [-0.1, -0.05) is 37.3 Å². The quantitative estimate of drug-likeness (QED) is 0.564. The van der Waals surface area contributed by atoms with Crippen molar-refractivity contribution in [3.63, 3.8) is 0 Å². The fraction of sp³-hybridized carbons (Fsp3) is 0.586. The van der Waals surface area contributed by atoms with Crippen molar-refractivity contribution in [2.45, 2.75) is 70.3 Å². The van der Waals surface area contributed by atoms with E-state index in [0.29, 0.717) is 13.2 Å². The highest BCUT2D eigenvalue weighted by molar-refractivity contribution is 7.90. The first-order chi connectivity index (χ1) is 16.4. The average molecular weight is 498 g/mol. The molecule has 3 aliphatic rings. The zero-order valence-electron chi connectivity index (χ0n) is 21.6. The molecule has 0 unspecified atom stereocenters. The maximum absolute atomic E-state index is 12.6. The first kappa shape index (κ1) is 24.8. The summed E-state index contributed by atoms with van der Waals surface area (Å²) in [5.74, 6) is 1.29. The maximum atomic E-state index is 12.6. The second-order valence-corrected chi connectivity index (χ2v) is 14.4. The molecule has 0 amide bonds. The van der Waals surface area contributed by atoms with Gasteiger partial charge in [0.05, 0.1) is 24.7 Å². The molecule has 3 heterocycles. The van der Waals surface area contributed by atoms with Crippen molar-refractivity contribution in [3.8, 4) is 16.9 Å². The van der Waals surface area contributed by atoms with Gasteiger partial charge in [0, 0.05) is 24.0 Å². The van der Waals surface area contributed by atoms with E-state index in [4.69, 9.17) is 9.47 Å². The molecule has 3 aliphatic heterocycles. The fourth-order valence-corrected chi connectivity index (χ4v) is 7.83. The minimum absolute atomic E-state index is 0.0217. The van der Waals surface area contributed by atoms with E-state index in [9.17, 15) is 8.42 Å². The van der Waals surface area contributed by atoms with Crippen LogP contribution in [0.4, 0.5) is 0 Å². The van der Waals surface area contributed by atoms with E-state index in [1.54, 1.807) is 0 Å². The molecule has 0 saturated carbocycles. The molecule has 35 heavy (non-hydrogen) atoms. The van der Waals surface area contributed by atoms with Crippen molar-refractivity contribution >= 4 is 9.84 Å². The van der Waals surface area contributed by atoms with Crippen LogP contribution < -0.4 is 4.74 Å². The first-order valence-electron chi connectivity index (χ1n) is 12.9. The number of piperidine rings is 1. The molecule has 5 rings (SSSR count). The summed E-state index contributed by atoms with van der Waals surface area (Å²) < 4.78 is 37.1. The molecular formula is C29H39NO4S. The van der Waals surface area contributed by atoms with Crippen molar-refractivity contribution in [2.75, 3.05) is 32.1 Å². The monoisotopic (exact) mass is 497 g/mol. The van der Waals surface area contributed by atoms with Crippen molar-refractivity contribution in [3.05, 3.63) is 53.6 Å². The second kappa shape index (κ2) is 8.89. The predicted molar refractivity (Wildman–Crippen MR) is 141 cm³/mol. The van der Waals surface area contributed by atoms with Crippen LogP contribution in [0, 0.1) is 5.41 Å². The highest BCUT2D eigenvalue weighted by Gasteiger charge is 2.41. The summed E-state index contributed by atoms with van der Waals surface area (Å²) in [6.07, 6.45) is 4.28. The van der Waals surface area contributed by atoms with Crippen LogP contribution in [-0.4, -0.2) is 56.5 Å². The van der Waals surface area contributed by atoms with Gasteiger partial charge in [0.2, 0.25) is 0 Å². The smallest absolute Gasteiger partial charge is 0.155 e. The molecule has 0 N–H and O–H groups in total. The van der Waals surface area contributed by atoms with Gasteiger partial charge in [-0.25, -0.2) is 8.42 Å². The van der Waals surface area contributed by atoms with Crippen molar-refractivity contribution < 1.29 is 17.9 Å². The summed E-state index contributed by atoms with van der Waals surface area (Å²) in [6, 6.07) is 14.5. The lowest BCUT2D eigenvalue weighted by molar-refractivity contribution is -0.0870. The summed E-state index contributed by atoms with van der Waals surface area (Å²) in [5.41, 5.74) is 4.33. The Morgan fingerprint density at radius 1 is 0.943 bits per heavy atom. The van der Waals surface area contributed by atoms with E-state index >= 15 is 0 Å².